The molecule has 116 valence electrons. The molecule has 0 aliphatic carbocycles. The summed E-state index contributed by atoms with van der Waals surface area (Å²) < 4.78 is 5.22. The second-order valence-electron chi connectivity index (χ2n) is 5.78. The molecule has 0 aromatic heterocycles. The van der Waals surface area contributed by atoms with E-state index in [2.05, 4.69) is 6.58 Å². The number of carboxylic acid groups (broad SMARTS) is 1. The first-order valence-corrected chi connectivity index (χ1v) is 6.57. The number of aliphatic hydroxyl groups is 1. The van der Waals surface area contributed by atoms with Crippen molar-refractivity contribution in [2.45, 2.75) is 52.2 Å². The van der Waals surface area contributed by atoms with Crippen LogP contribution in [0.1, 0.15) is 40.5 Å². The second kappa shape index (κ2) is 7.89. The zero-order chi connectivity index (χ0) is 15.9. The Morgan fingerprint density at radius 1 is 1.25 bits per heavy atom. The second-order valence-corrected chi connectivity index (χ2v) is 5.78. The number of nitrogens with zero attached hydrogens (tertiary/aromatic N) is 1. The van der Waals surface area contributed by atoms with Gasteiger partial charge in [-0.3, -0.25) is 0 Å². The molecule has 1 saturated heterocycles. The van der Waals surface area contributed by atoms with E-state index in [0.717, 1.165) is 0 Å². The lowest BCUT2D eigenvalue weighted by Gasteiger charge is -2.31. The highest BCUT2D eigenvalue weighted by Crippen LogP contribution is 2.14. The van der Waals surface area contributed by atoms with E-state index in [1.807, 2.05) is 20.8 Å². The Hall–Kier alpha value is -1.56. The van der Waals surface area contributed by atoms with Gasteiger partial charge in [-0.1, -0.05) is 6.58 Å². The quantitative estimate of drug-likeness (QED) is 0.720. The summed E-state index contributed by atoms with van der Waals surface area (Å²) in [4.78, 5) is 22.8. The van der Waals surface area contributed by atoms with Gasteiger partial charge in [-0.25, -0.2) is 9.59 Å². The van der Waals surface area contributed by atoms with Gasteiger partial charge in [0.05, 0.1) is 6.10 Å². The summed E-state index contributed by atoms with van der Waals surface area (Å²) in [5, 5.41) is 17.2. The van der Waals surface area contributed by atoms with Crippen LogP contribution in [0.3, 0.4) is 0 Å². The number of ether oxygens (including phenoxy) is 1. The van der Waals surface area contributed by atoms with E-state index in [1.165, 1.54) is 6.92 Å². The number of piperidine rings is 1. The molecule has 1 fully saturated rings. The van der Waals surface area contributed by atoms with E-state index < -0.39 is 11.6 Å². The number of carbonyl (C=O) groups is 2. The molecule has 1 aliphatic rings. The zero-order valence-electron chi connectivity index (χ0n) is 12.7. The predicted octanol–water partition coefficient (Wildman–Crippen LogP) is 2.03. The van der Waals surface area contributed by atoms with Crippen LogP contribution >= 0.6 is 0 Å². The molecule has 6 heteroatoms. The number of likely N-dealkylation sites (tertiary alicyclic amines) is 1. The highest BCUT2D eigenvalue weighted by molar-refractivity contribution is 5.84. The number of carboxylic acids is 1. The van der Waals surface area contributed by atoms with E-state index in [-0.39, 0.29) is 17.8 Å². The van der Waals surface area contributed by atoms with Gasteiger partial charge in [0.2, 0.25) is 0 Å². The van der Waals surface area contributed by atoms with Crippen LogP contribution in [0.15, 0.2) is 12.2 Å². The number of rotatable bonds is 1. The first-order valence-electron chi connectivity index (χ1n) is 6.57. The maximum absolute atomic E-state index is 11.5. The average Bonchev–Trinajstić information content (AvgIpc) is 2.28. The Balaban J connectivity index is 0.000000511. The lowest BCUT2D eigenvalue weighted by Crippen LogP contribution is -2.42. The Morgan fingerprint density at radius 2 is 1.65 bits per heavy atom. The molecule has 0 bridgehead atoms. The van der Waals surface area contributed by atoms with Crippen molar-refractivity contribution in [2.75, 3.05) is 13.1 Å². The smallest absolute Gasteiger partial charge is 0.410 e. The minimum Gasteiger partial charge on any atom is -0.478 e. The first kappa shape index (κ1) is 18.4. The Morgan fingerprint density at radius 3 is 1.95 bits per heavy atom. The third-order valence-electron chi connectivity index (χ3n) is 2.48. The van der Waals surface area contributed by atoms with Crippen LogP contribution in [0.4, 0.5) is 4.79 Å². The van der Waals surface area contributed by atoms with Gasteiger partial charge in [0.15, 0.2) is 0 Å². The summed E-state index contributed by atoms with van der Waals surface area (Å²) in [6.07, 6.45) is 0.775. The van der Waals surface area contributed by atoms with Crippen molar-refractivity contribution < 1.29 is 24.5 Å². The molecule has 0 atom stereocenters. The number of amides is 1. The van der Waals surface area contributed by atoms with E-state index in [1.54, 1.807) is 4.90 Å². The molecule has 1 amide bonds. The van der Waals surface area contributed by atoms with E-state index >= 15 is 0 Å². The lowest BCUT2D eigenvalue weighted by atomic mass is 10.1. The predicted molar refractivity (Wildman–Crippen MR) is 75.5 cm³/mol. The largest absolute Gasteiger partial charge is 0.478 e. The highest BCUT2D eigenvalue weighted by Gasteiger charge is 2.25. The summed E-state index contributed by atoms with van der Waals surface area (Å²) in [6, 6.07) is 0. The molecule has 1 aliphatic heterocycles. The van der Waals surface area contributed by atoms with Gasteiger partial charge in [0, 0.05) is 18.7 Å². The van der Waals surface area contributed by atoms with Gasteiger partial charge in [-0.15, -0.1) is 0 Å². The summed E-state index contributed by atoms with van der Waals surface area (Å²) in [5.74, 6) is -0.935. The van der Waals surface area contributed by atoms with Gasteiger partial charge in [-0.2, -0.15) is 0 Å². The number of carbonyl (C=O) groups excluding carboxylic acids is 1. The molecule has 20 heavy (non-hydrogen) atoms. The van der Waals surface area contributed by atoms with Crippen LogP contribution in [0.2, 0.25) is 0 Å². The van der Waals surface area contributed by atoms with Gasteiger partial charge < -0.3 is 19.8 Å². The maximum Gasteiger partial charge on any atom is 0.410 e. The summed E-state index contributed by atoms with van der Waals surface area (Å²) in [5.41, 5.74) is -0.261. The lowest BCUT2D eigenvalue weighted by molar-refractivity contribution is -0.132. The molecule has 0 aromatic rings. The van der Waals surface area contributed by atoms with E-state index in [4.69, 9.17) is 9.84 Å². The molecule has 1 rings (SSSR count). The molecule has 0 unspecified atom stereocenters. The van der Waals surface area contributed by atoms with Crippen molar-refractivity contribution in [1.29, 1.82) is 0 Å². The molecule has 2 N–H and O–H groups in total. The summed E-state index contributed by atoms with van der Waals surface area (Å²) in [6.45, 7) is 11.3. The highest BCUT2D eigenvalue weighted by atomic mass is 16.6. The fourth-order valence-corrected chi connectivity index (χ4v) is 1.37. The third-order valence-corrected chi connectivity index (χ3v) is 2.48. The Labute approximate surface area is 120 Å². The topological polar surface area (TPSA) is 87.1 Å². The van der Waals surface area contributed by atoms with Crippen molar-refractivity contribution >= 4 is 12.1 Å². The van der Waals surface area contributed by atoms with Crippen LogP contribution in [0, 0.1) is 0 Å². The molecule has 6 nitrogen and oxygen atoms in total. The van der Waals surface area contributed by atoms with Crippen molar-refractivity contribution in [3.8, 4) is 0 Å². The number of hydrogen-bond acceptors (Lipinski definition) is 4. The van der Waals surface area contributed by atoms with Crippen molar-refractivity contribution in [2.24, 2.45) is 0 Å². The zero-order valence-corrected chi connectivity index (χ0v) is 12.7. The number of aliphatic carboxylic acids is 1. The van der Waals surface area contributed by atoms with Crippen LogP contribution in [0.5, 0.6) is 0 Å². The molecular formula is C14H25NO5. The van der Waals surface area contributed by atoms with Crippen molar-refractivity contribution in [3.63, 3.8) is 0 Å². The number of aliphatic hydroxyl groups excluding tert-OH is 1. The van der Waals surface area contributed by atoms with Crippen LogP contribution in [-0.2, 0) is 9.53 Å². The Bertz CT molecular complexity index is 339. The van der Waals surface area contributed by atoms with Crippen molar-refractivity contribution in [1.82, 2.24) is 4.90 Å². The molecular weight excluding hydrogens is 262 g/mol. The standard InChI is InChI=1S/C10H19NO3.C4H6O2/c1-10(2,3)14-9(13)11-6-4-8(12)5-7-11;1-3(2)4(5)6/h8,12H,4-7H2,1-3H3;1H2,2H3,(H,5,6). The van der Waals surface area contributed by atoms with Crippen LogP contribution in [0.25, 0.3) is 0 Å². The third kappa shape index (κ3) is 8.53. The van der Waals surface area contributed by atoms with E-state index in [9.17, 15) is 14.7 Å². The first-order chi connectivity index (χ1) is 9.03. The minimum atomic E-state index is -0.935. The summed E-state index contributed by atoms with van der Waals surface area (Å²) >= 11 is 0. The Kier molecular flexibility index (Phi) is 7.28. The van der Waals surface area contributed by atoms with E-state index in [0.29, 0.717) is 25.9 Å². The van der Waals surface area contributed by atoms with Crippen LogP contribution in [-0.4, -0.2) is 52.0 Å². The fourth-order valence-electron chi connectivity index (χ4n) is 1.37. The normalized spacial score (nSPS) is 15.9. The van der Waals surface area contributed by atoms with Crippen molar-refractivity contribution in [3.05, 3.63) is 12.2 Å². The molecule has 1 heterocycles. The van der Waals surface area contributed by atoms with Gasteiger partial charge in [0.1, 0.15) is 5.60 Å². The SMILES string of the molecule is C=C(C)C(=O)O.CC(C)(C)OC(=O)N1CCC(O)CC1. The molecule has 0 spiro atoms. The maximum atomic E-state index is 11.5. The summed E-state index contributed by atoms with van der Waals surface area (Å²) in [7, 11) is 0. The van der Waals surface area contributed by atoms with Gasteiger partial charge in [-0.05, 0) is 40.5 Å². The molecule has 0 aromatic carbocycles. The van der Waals surface area contributed by atoms with Crippen LogP contribution < -0.4 is 0 Å². The van der Waals surface area contributed by atoms with Gasteiger partial charge in [0.25, 0.3) is 0 Å². The monoisotopic (exact) mass is 287 g/mol. The van der Waals surface area contributed by atoms with Gasteiger partial charge >= 0.3 is 12.1 Å². The number of hydrogen-bond donors (Lipinski definition) is 2. The molecule has 0 radical (unpaired) electrons. The minimum absolute atomic E-state index is 0.176. The molecule has 0 saturated carbocycles. The fraction of sp³-hybridized carbons (Fsp3) is 0.714. The average molecular weight is 287 g/mol.